The Kier molecular flexibility index (Phi) is 4.97. The van der Waals surface area contributed by atoms with Crippen LogP contribution in [0.4, 0.5) is 0 Å². The molecule has 1 unspecified atom stereocenters. The third kappa shape index (κ3) is 3.17. The van der Waals surface area contributed by atoms with Gasteiger partial charge in [-0.3, -0.25) is 0 Å². The SMILES string of the molecule is CC[N+](CC)=c1sc2c(s1)C(c1ccc(I)cc1)Oc1ccccc1-2. The molecule has 0 bridgehead atoms. The van der Waals surface area contributed by atoms with Gasteiger partial charge < -0.3 is 4.74 Å². The van der Waals surface area contributed by atoms with Gasteiger partial charge in [-0.2, -0.15) is 0 Å². The lowest BCUT2D eigenvalue weighted by Crippen LogP contribution is -2.25. The summed E-state index contributed by atoms with van der Waals surface area (Å²) in [6.07, 6.45) is -0.0209. The summed E-state index contributed by atoms with van der Waals surface area (Å²) in [4.78, 5) is 2.68. The van der Waals surface area contributed by atoms with Gasteiger partial charge in [0.15, 0.2) is 6.10 Å². The van der Waals surface area contributed by atoms with Crippen molar-refractivity contribution in [1.29, 1.82) is 0 Å². The first-order chi connectivity index (χ1) is 12.2. The third-order valence-electron chi connectivity index (χ3n) is 4.42. The number of hydrogen-bond acceptors (Lipinski definition) is 3. The van der Waals surface area contributed by atoms with Crippen LogP contribution in [0.3, 0.4) is 0 Å². The van der Waals surface area contributed by atoms with Gasteiger partial charge in [0.25, 0.3) is 0 Å². The van der Waals surface area contributed by atoms with E-state index in [2.05, 4.69) is 89.5 Å². The van der Waals surface area contributed by atoms with E-state index in [1.807, 2.05) is 22.7 Å². The zero-order valence-electron chi connectivity index (χ0n) is 14.2. The van der Waals surface area contributed by atoms with Crippen LogP contribution >= 0.6 is 45.3 Å². The molecule has 2 heterocycles. The average Bonchev–Trinajstić information content (AvgIpc) is 3.08. The van der Waals surface area contributed by atoms with Gasteiger partial charge in [-0.15, -0.1) is 0 Å². The zero-order chi connectivity index (χ0) is 17.4. The predicted molar refractivity (Wildman–Crippen MR) is 116 cm³/mol. The minimum absolute atomic E-state index is 0.0209. The van der Waals surface area contributed by atoms with Crippen molar-refractivity contribution in [2.45, 2.75) is 20.0 Å². The Morgan fingerprint density at radius 2 is 1.72 bits per heavy atom. The Labute approximate surface area is 169 Å². The van der Waals surface area contributed by atoms with Gasteiger partial charge in [0.1, 0.15) is 18.8 Å². The molecule has 0 saturated heterocycles. The summed E-state index contributed by atoms with van der Waals surface area (Å²) in [5, 5.41) is 0. The van der Waals surface area contributed by atoms with Gasteiger partial charge >= 0.3 is 3.98 Å². The van der Waals surface area contributed by atoms with Crippen LogP contribution < -0.4 is 13.3 Å². The van der Waals surface area contributed by atoms with E-state index in [1.54, 1.807) is 0 Å². The van der Waals surface area contributed by atoms with E-state index in [4.69, 9.17) is 4.74 Å². The van der Waals surface area contributed by atoms with Crippen molar-refractivity contribution in [3.63, 3.8) is 0 Å². The molecule has 2 nitrogen and oxygen atoms in total. The molecule has 0 spiro atoms. The molecule has 5 heteroatoms. The quantitative estimate of drug-likeness (QED) is 0.363. The molecule has 0 radical (unpaired) electrons. The Balaban J connectivity index is 1.94. The fourth-order valence-corrected chi connectivity index (χ4v) is 6.48. The van der Waals surface area contributed by atoms with Crippen molar-refractivity contribution in [3.05, 3.63) is 66.5 Å². The van der Waals surface area contributed by atoms with Crippen molar-refractivity contribution >= 4 is 45.3 Å². The standard InChI is InChI=1S/C20H19INOS2/c1-3-22(4-2)20-24-18-15-7-5-6-8-16(15)23-17(19(18)25-20)13-9-11-14(21)12-10-13/h5-12,17H,3-4H2,1-2H3/q+1. The maximum absolute atomic E-state index is 6.44. The summed E-state index contributed by atoms with van der Waals surface area (Å²) >= 11 is 6.13. The minimum Gasteiger partial charge on any atom is -0.479 e. The second-order valence-corrected chi connectivity index (χ2v) is 9.42. The fraction of sp³-hybridized carbons (Fsp3) is 0.250. The van der Waals surface area contributed by atoms with Crippen molar-refractivity contribution in [2.24, 2.45) is 0 Å². The monoisotopic (exact) mass is 480 g/mol. The molecule has 1 aliphatic rings. The van der Waals surface area contributed by atoms with Crippen LogP contribution in [0, 0.1) is 3.57 Å². The van der Waals surface area contributed by atoms with Crippen LogP contribution in [0.1, 0.15) is 30.4 Å². The lowest BCUT2D eigenvalue weighted by Gasteiger charge is -2.25. The van der Waals surface area contributed by atoms with E-state index in [0.717, 1.165) is 18.8 Å². The third-order valence-corrected chi connectivity index (χ3v) is 7.92. The molecule has 4 rings (SSSR count). The molecule has 25 heavy (non-hydrogen) atoms. The molecule has 0 aliphatic carbocycles. The fourth-order valence-electron chi connectivity index (χ4n) is 3.06. The summed E-state index contributed by atoms with van der Waals surface area (Å²) in [7, 11) is 0. The maximum atomic E-state index is 6.44. The molecular formula is C20H19INOS2+. The molecule has 1 atom stereocenters. The minimum atomic E-state index is -0.0209. The Bertz CT molecular complexity index is 966. The van der Waals surface area contributed by atoms with Crippen molar-refractivity contribution in [1.82, 2.24) is 4.58 Å². The molecule has 3 aromatic rings. The topological polar surface area (TPSA) is 12.2 Å². The van der Waals surface area contributed by atoms with Gasteiger partial charge in [-0.25, -0.2) is 4.58 Å². The second kappa shape index (κ2) is 7.21. The number of para-hydroxylation sites is 1. The highest BCUT2D eigenvalue weighted by Crippen LogP contribution is 2.47. The number of rotatable bonds is 3. The highest BCUT2D eigenvalue weighted by Gasteiger charge is 2.31. The first-order valence-corrected chi connectivity index (χ1v) is 11.2. The largest absolute Gasteiger partial charge is 0.479 e. The highest BCUT2D eigenvalue weighted by atomic mass is 127. The summed E-state index contributed by atoms with van der Waals surface area (Å²) in [6, 6.07) is 17.1. The average molecular weight is 480 g/mol. The molecule has 0 amide bonds. The van der Waals surface area contributed by atoms with E-state index in [-0.39, 0.29) is 6.10 Å². The summed E-state index contributed by atoms with van der Waals surface area (Å²) in [6.45, 7) is 6.50. The molecule has 1 aliphatic heterocycles. The van der Waals surface area contributed by atoms with E-state index >= 15 is 0 Å². The first-order valence-electron chi connectivity index (χ1n) is 8.44. The summed E-state index contributed by atoms with van der Waals surface area (Å²) in [5.41, 5.74) is 2.44. The van der Waals surface area contributed by atoms with Crippen LogP contribution in [0.5, 0.6) is 5.75 Å². The van der Waals surface area contributed by atoms with Gasteiger partial charge in [-0.1, -0.05) is 46.9 Å². The predicted octanol–water partition coefficient (Wildman–Crippen LogP) is 5.38. The molecule has 128 valence electrons. The number of ether oxygens (including phenoxy) is 1. The van der Waals surface area contributed by atoms with Crippen LogP contribution in [0.25, 0.3) is 10.4 Å². The lowest BCUT2D eigenvalue weighted by molar-refractivity contribution is 0.248. The Morgan fingerprint density at radius 3 is 2.44 bits per heavy atom. The lowest BCUT2D eigenvalue weighted by atomic mass is 10.0. The summed E-state index contributed by atoms with van der Waals surface area (Å²) < 4.78 is 11.5. The van der Waals surface area contributed by atoms with Crippen molar-refractivity contribution < 1.29 is 4.74 Å². The van der Waals surface area contributed by atoms with E-state index in [0.29, 0.717) is 0 Å². The van der Waals surface area contributed by atoms with Crippen molar-refractivity contribution in [3.8, 4) is 16.2 Å². The van der Waals surface area contributed by atoms with Crippen molar-refractivity contribution in [2.75, 3.05) is 13.1 Å². The van der Waals surface area contributed by atoms with Gasteiger partial charge in [0.05, 0.1) is 9.75 Å². The molecular weight excluding hydrogens is 461 g/mol. The van der Waals surface area contributed by atoms with Gasteiger partial charge in [-0.05, 0) is 66.3 Å². The maximum Gasteiger partial charge on any atom is 0.314 e. The zero-order valence-corrected chi connectivity index (χ0v) is 18.0. The number of nitrogens with zero attached hydrogens (tertiary/aromatic N) is 1. The second-order valence-electron chi connectivity index (χ2n) is 5.88. The van der Waals surface area contributed by atoms with E-state index in [9.17, 15) is 0 Å². The molecule has 0 fully saturated rings. The van der Waals surface area contributed by atoms with Gasteiger partial charge in [0.2, 0.25) is 0 Å². The van der Waals surface area contributed by atoms with Crippen LogP contribution in [-0.4, -0.2) is 13.1 Å². The number of benzene rings is 2. The first kappa shape index (κ1) is 17.2. The normalized spacial score (nSPS) is 15.2. The Morgan fingerprint density at radius 1 is 1.00 bits per heavy atom. The van der Waals surface area contributed by atoms with Crippen LogP contribution in [-0.2, 0) is 0 Å². The highest BCUT2D eigenvalue weighted by molar-refractivity contribution is 14.1. The Hall–Kier alpha value is -1.18. The van der Waals surface area contributed by atoms with Gasteiger partial charge in [0, 0.05) is 9.13 Å². The molecule has 0 saturated carbocycles. The molecule has 1 aromatic heterocycles. The smallest absolute Gasteiger partial charge is 0.314 e. The van der Waals surface area contributed by atoms with E-state index in [1.165, 1.54) is 28.4 Å². The number of fused-ring (bicyclic) bond motifs is 3. The number of halogens is 1. The molecule has 0 N–H and O–H groups in total. The van der Waals surface area contributed by atoms with Crippen LogP contribution in [0.15, 0.2) is 48.5 Å². The number of hydrogen-bond donors (Lipinski definition) is 0. The van der Waals surface area contributed by atoms with E-state index < -0.39 is 0 Å². The summed E-state index contributed by atoms with van der Waals surface area (Å²) in [5.74, 6) is 0.985. The van der Waals surface area contributed by atoms with Crippen LogP contribution in [0.2, 0.25) is 0 Å². The molecule has 2 aromatic carbocycles.